The molecule has 0 atom stereocenters. The Hall–Kier alpha value is -1.83. The molecule has 0 radical (unpaired) electrons. The summed E-state index contributed by atoms with van der Waals surface area (Å²) >= 11 is 0. The van der Waals surface area contributed by atoms with E-state index in [9.17, 15) is 0 Å². The second kappa shape index (κ2) is 4.79. The molecule has 0 fully saturated rings. The summed E-state index contributed by atoms with van der Waals surface area (Å²) in [6, 6.07) is 8.24. The Kier molecular flexibility index (Phi) is 3.20. The second-order valence-electron chi connectivity index (χ2n) is 3.99. The monoisotopic (exact) mass is 212 g/mol. The Morgan fingerprint density at radius 2 is 1.62 bits per heavy atom. The van der Waals surface area contributed by atoms with E-state index in [0.717, 1.165) is 17.8 Å². The summed E-state index contributed by atoms with van der Waals surface area (Å²) in [5, 5.41) is 0. The Balaban J connectivity index is 2.19. The van der Waals surface area contributed by atoms with Gasteiger partial charge in [-0.15, -0.1) is 0 Å². The van der Waals surface area contributed by atoms with Crippen molar-refractivity contribution in [1.82, 2.24) is 0 Å². The largest absolute Gasteiger partial charge is 0.378 e. The van der Waals surface area contributed by atoms with Crippen LogP contribution in [0.3, 0.4) is 0 Å². The van der Waals surface area contributed by atoms with Crippen LogP contribution in [0.25, 0.3) is 0 Å². The van der Waals surface area contributed by atoms with Crippen LogP contribution in [0.4, 0.5) is 11.4 Å². The molecule has 0 saturated heterocycles. The normalized spacial score (nSPS) is 14.0. The summed E-state index contributed by atoms with van der Waals surface area (Å²) in [5.41, 5.74) is 3.21. The van der Waals surface area contributed by atoms with Gasteiger partial charge in [-0.2, -0.15) is 0 Å². The van der Waals surface area contributed by atoms with Crippen molar-refractivity contribution in [2.45, 2.75) is 6.42 Å². The van der Waals surface area contributed by atoms with E-state index in [1.807, 2.05) is 26.2 Å². The van der Waals surface area contributed by atoms with Crippen LogP contribution >= 0.6 is 0 Å². The predicted octanol–water partition coefficient (Wildman–Crippen LogP) is 3.34. The van der Waals surface area contributed by atoms with Gasteiger partial charge in [0.25, 0.3) is 0 Å². The summed E-state index contributed by atoms with van der Waals surface area (Å²) in [6.45, 7) is 0. The lowest BCUT2D eigenvalue weighted by Crippen LogP contribution is -2.07. The number of allylic oxidation sites excluding steroid dienone is 4. The molecule has 82 valence electrons. The van der Waals surface area contributed by atoms with Crippen LogP contribution in [0.2, 0.25) is 0 Å². The minimum atomic E-state index is 0.997. The molecule has 1 aliphatic carbocycles. The van der Waals surface area contributed by atoms with Gasteiger partial charge in [-0.25, -0.2) is 4.99 Å². The van der Waals surface area contributed by atoms with Crippen LogP contribution in [-0.2, 0) is 0 Å². The predicted molar refractivity (Wildman–Crippen MR) is 70.8 cm³/mol. The van der Waals surface area contributed by atoms with Gasteiger partial charge in [-0.05, 0) is 42.8 Å². The van der Waals surface area contributed by atoms with Crippen molar-refractivity contribution in [3.63, 3.8) is 0 Å². The third kappa shape index (κ3) is 2.60. The molecule has 0 heterocycles. The molecule has 1 aromatic rings. The summed E-state index contributed by atoms with van der Waals surface area (Å²) in [7, 11) is 4.07. The second-order valence-corrected chi connectivity index (χ2v) is 3.99. The van der Waals surface area contributed by atoms with Gasteiger partial charge in [0.05, 0.1) is 11.4 Å². The van der Waals surface area contributed by atoms with Gasteiger partial charge in [-0.3, -0.25) is 0 Å². The number of anilines is 1. The van der Waals surface area contributed by atoms with Gasteiger partial charge >= 0.3 is 0 Å². The van der Waals surface area contributed by atoms with E-state index in [0.29, 0.717) is 0 Å². The van der Waals surface area contributed by atoms with Gasteiger partial charge in [0, 0.05) is 19.8 Å². The third-order valence-corrected chi connectivity index (χ3v) is 2.47. The van der Waals surface area contributed by atoms with E-state index in [1.165, 1.54) is 5.69 Å². The molecule has 0 bridgehead atoms. The molecule has 0 saturated carbocycles. The number of nitrogens with zero attached hydrogens (tertiary/aromatic N) is 2. The van der Waals surface area contributed by atoms with Crippen LogP contribution in [-0.4, -0.2) is 19.8 Å². The van der Waals surface area contributed by atoms with Gasteiger partial charge in [0.2, 0.25) is 0 Å². The van der Waals surface area contributed by atoms with Crippen LogP contribution < -0.4 is 4.90 Å². The highest BCUT2D eigenvalue weighted by Gasteiger charge is 1.96. The summed E-state index contributed by atoms with van der Waals surface area (Å²) in [4.78, 5) is 6.62. The average molecular weight is 212 g/mol. The molecule has 2 nitrogen and oxygen atoms in total. The summed E-state index contributed by atoms with van der Waals surface area (Å²) in [6.07, 6.45) is 9.36. The van der Waals surface area contributed by atoms with Crippen molar-refractivity contribution in [3.05, 3.63) is 48.6 Å². The average Bonchev–Trinajstić information content (AvgIpc) is 2.31. The van der Waals surface area contributed by atoms with Gasteiger partial charge in [0.15, 0.2) is 0 Å². The van der Waals surface area contributed by atoms with Crippen molar-refractivity contribution in [1.29, 1.82) is 0 Å². The molecule has 1 aliphatic rings. The minimum Gasteiger partial charge on any atom is -0.378 e. The van der Waals surface area contributed by atoms with Gasteiger partial charge in [-0.1, -0.05) is 12.2 Å². The highest BCUT2D eigenvalue weighted by Crippen LogP contribution is 2.18. The molecule has 0 N–H and O–H groups in total. The fourth-order valence-corrected chi connectivity index (χ4v) is 1.56. The zero-order valence-corrected chi connectivity index (χ0v) is 9.72. The molecule has 0 spiro atoms. The molecular formula is C14H16N2. The van der Waals surface area contributed by atoms with E-state index in [1.54, 1.807) is 0 Å². The summed E-state index contributed by atoms with van der Waals surface area (Å²) in [5.74, 6) is 0. The smallest absolute Gasteiger partial charge is 0.0638 e. The number of benzene rings is 1. The lowest BCUT2D eigenvalue weighted by atomic mass is 10.2. The lowest BCUT2D eigenvalue weighted by molar-refractivity contribution is 1.13. The van der Waals surface area contributed by atoms with Crippen molar-refractivity contribution in [2.24, 2.45) is 4.99 Å². The fraction of sp³-hybridized carbons (Fsp3) is 0.214. The number of aliphatic imine (C=N–C) groups is 1. The number of hydrogen-bond acceptors (Lipinski definition) is 2. The zero-order chi connectivity index (χ0) is 11.4. The Morgan fingerprint density at radius 3 is 2.19 bits per heavy atom. The quantitative estimate of drug-likeness (QED) is 0.734. The molecule has 0 aromatic heterocycles. The van der Waals surface area contributed by atoms with E-state index in [2.05, 4.69) is 46.3 Å². The highest BCUT2D eigenvalue weighted by molar-refractivity contribution is 6.06. The SMILES string of the molecule is CN(C)c1ccc(N=C2C=CCC=C2)cc1. The maximum Gasteiger partial charge on any atom is 0.0638 e. The van der Waals surface area contributed by atoms with Gasteiger partial charge in [0.1, 0.15) is 0 Å². The van der Waals surface area contributed by atoms with Crippen molar-refractivity contribution < 1.29 is 0 Å². The minimum absolute atomic E-state index is 0.997. The molecule has 2 rings (SSSR count). The molecule has 0 aliphatic heterocycles. The van der Waals surface area contributed by atoms with E-state index >= 15 is 0 Å². The maximum absolute atomic E-state index is 4.54. The third-order valence-electron chi connectivity index (χ3n) is 2.47. The fourth-order valence-electron chi connectivity index (χ4n) is 1.56. The lowest BCUT2D eigenvalue weighted by Gasteiger charge is -2.11. The van der Waals surface area contributed by atoms with Crippen LogP contribution in [0.5, 0.6) is 0 Å². The first-order chi connectivity index (χ1) is 7.75. The number of rotatable bonds is 2. The van der Waals surface area contributed by atoms with E-state index < -0.39 is 0 Å². The van der Waals surface area contributed by atoms with E-state index in [4.69, 9.17) is 0 Å². The molecule has 2 heteroatoms. The van der Waals surface area contributed by atoms with Crippen LogP contribution in [0.1, 0.15) is 6.42 Å². The standard InChI is InChI=1S/C14H16N2/c1-16(2)14-10-8-13(9-11-14)15-12-6-4-3-5-7-12/h4-11H,3H2,1-2H3. The number of hydrogen-bond donors (Lipinski definition) is 0. The Labute approximate surface area is 96.6 Å². The zero-order valence-electron chi connectivity index (χ0n) is 9.72. The molecule has 16 heavy (non-hydrogen) atoms. The topological polar surface area (TPSA) is 15.6 Å². The highest BCUT2D eigenvalue weighted by atomic mass is 15.1. The first-order valence-corrected chi connectivity index (χ1v) is 5.45. The maximum atomic E-state index is 4.54. The summed E-state index contributed by atoms with van der Waals surface area (Å²) < 4.78 is 0. The van der Waals surface area contributed by atoms with Crippen molar-refractivity contribution >= 4 is 17.1 Å². The van der Waals surface area contributed by atoms with Crippen LogP contribution in [0.15, 0.2) is 53.6 Å². The molecule has 0 unspecified atom stereocenters. The molecule has 1 aromatic carbocycles. The first kappa shape index (κ1) is 10.7. The van der Waals surface area contributed by atoms with Crippen molar-refractivity contribution in [2.75, 3.05) is 19.0 Å². The molecule has 0 amide bonds. The molecular weight excluding hydrogens is 196 g/mol. The van der Waals surface area contributed by atoms with Crippen LogP contribution in [0, 0.1) is 0 Å². The Bertz CT molecular complexity index is 422. The van der Waals surface area contributed by atoms with Gasteiger partial charge < -0.3 is 4.90 Å². The first-order valence-electron chi connectivity index (χ1n) is 5.45. The Morgan fingerprint density at radius 1 is 1.00 bits per heavy atom. The van der Waals surface area contributed by atoms with Crippen molar-refractivity contribution in [3.8, 4) is 0 Å². The van der Waals surface area contributed by atoms with E-state index in [-0.39, 0.29) is 0 Å².